The Hall–Kier alpha value is -3.74. The average molecular weight is 491 g/mol. The molecule has 1 atom stereocenters. The monoisotopic (exact) mass is 490 g/mol. The molecule has 7 nitrogen and oxygen atoms in total. The number of nitrogens with two attached hydrogens (primary N) is 1. The van der Waals surface area contributed by atoms with Crippen LogP contribution in [0.15, 0.2) is 65.6 Å². The van der Waals surface area contributed by atoms with Crippen molar-refractivity contribution in [1.29, 1.82) is 5.26 Å². The van der Waals surface area contributed by atoms with Crippen molar-refractivity contribution in [3.8, 4) is 17.2 Å². The Balaban J connectivity index is 1.31. The summed E-state index contributed by atoms with van der Waals surface area (Å²) in [4.78, 5) is 16.4. The number of hydrogen-bond donors (Lipinski definition) is 1. The highest BCUT2D eigenvalue weighted by Gasteiger charge is 2.41. The minimum Gasteiger partial charge on any atom is -0.370 e. The summed E-state index contributed by atoms with van der Waals surface area (Å²) in [6, 6.07) is 19.6. The minimum atomic E-state index is -4.25. The number of sulfonamides is 1. The Kier molecular flexibility index (Phi) is 5.58. The molecule has 1 amide bonds. The number of anilines is 2. The maximum absolute atomic E-state index is 14.3. The Morgan fingerprint density at radius 3 is 2.46 bits per heavy atom. The second-order valence-corrected chi connectivity index (χ2v) is 10.6. The minimum absolute atomic E-state index is 0.112. The number of benzene rings is 3. The second kappa shape index (κ2) is 8.48. The molecular weight excluding hydrogens is 467 g/mol. The Morgan fingerprint density at radius 1 is 1.11 bits per heavy atom. The molecule has 9 heteroatoms. The highest BCUT2D eigenvalue weighted by atomic mass is 32.2. The van der Waals surface area contributed by atoms with Gasteiger partial charge < -0.3 is 9.80 Å². The van der Waals surface area contributed by atoms with Crippen LogP contribution in [0.25, 0.3) is 11.1 Å². The van der Waals surface area contributed by atoms with Gasteiger partial charge in [-0.1, -0.05) is 30.3 Å². The molecule has 1 unspecified atom stereocenters. The summed E-state index contributed by atoms with van der Waals surface area (Å²) in [6.45, 7) is 2.91. The van der Waals surface area contributed by atoms with Gasteiger partial charge in [0.25, 0.3) is 0 Å². The van der Waals surface area contributed by atoms with Gasteiger partial charge in [-0.2, -0.15) is 5.26 Å². The quantitative estimate of drug-likeness (QED) is 0.603. The standard InChI is InChI=1S/C26H23FN4O3S/c1-16-10-19-11-23(27)25(35(29,33)34)12-24(19)31(16)26(32)20-14-30(15-20)21-8-6-17(7-9-21)22-5-3-2-4-18(22)13-28/h2-9,11-12,16,20H,10,14-15H2,1H3,(H2,29,33,34). The van der Waals surface area contributed by atoms with Crippen molar-refractivity contribution < 1.29 is 17.6 Å². The van der Waals surface area contributed by atoms with Crippen LogP contribution in [0.5, 0.6) is 0 Å². The Morgan fingerprint density at radius 2 is 1.80 bits per heavy atom. The van der Waals surface area contributed by atoms with E-state index in [0.717, 1.165) is 22.9 Å². The Labute approximate surface area is 203 Å². The van der Waals surface area contributed by atoms with Crippen LogP contribution in [0.1, 0.15) is 18.1 Å². The summed E-state index contributed by atoms with van der Waals surface area (Å²) in [5, 5.41) is 14.5. The van der Waals surface area contributed by atoms with Crippen LogP contribution in [0, 0.1) is 23.1 Å². The molecule has 0 aromatic heterocycles. The van der Waals surface area contributed by atoms with Gasteiger partial charge >= 0.3 is 0 Å². The zero-order chi connectivity index (χ0) is 24.9. The number of carbonyl (C=O) groups excluding carboxylic acids is 1. The molecule has 35 heavy (non-hydrogen) atoms. The number of halogens is 1. The van der Waals surface area contributed by atoms with Crippen molar-refractivity contribution >= 4 is 27.3 Å². The van der Waals surface area contributed by atoms with Crippen LogP contribution >= 0.6 is 0 Å². The molecular formula is C26H23FN4O3S. The highest BCUT2D eigenvalue weighted by molar-refractivity contribution is 7.89. The van der Waals surface area contributed by atoms with E-state index in [2.05, 4.69) is 11.0 Å². The predicted molar refractivity (Wildman–Crippen MR) is 131 cm³/mol. The van der Waals surface area contributed by atoms with Gasteiger partial charge in [0.2, 0.25) is 15.9 Å². The molecule has 178 valence electrons. The SMILES string of the molecule is CC1Cc2cc(F)c(S(N)(=O)=O)cc2N1C(=O)C1CN(c2ccc(-c3ccccc3C#N)cc2)C1. The summed E-state index contributed by atoms with van der Waals surface area (Å²) >= 11 is 0. The van der Waals surface area contributed by atoms with Crippen molar-refractivity contribution in [3.05, 3.63) is 77.6 Å². The fourth-order valence-electron chi connectivity index (χ4n) is 4.90. The first-order chi connectivity index (χ1) is 16.7. The van der Waals surface area contributed by atoms with E-state index in [-0.39, 0.29) is 17.9 Å². The van der Waals surface area contributed by atoms with E-state index in [9.17, 15) is 22.9 Å². The number of carbonyl (C=O) groups is 1. The van der Waals surface area contributed by atoms with Gasteiger partial charge in [0.15, 0.2) is 0 Å². The van der Waals surface area contributed by atoms with Crippen LogP contribution < -0.4 is 14.9 Å². The average Bonchev–Trinajstić information content (AvgIpc) is 3.11. The summed E-state index contributed by atoms with van der Waals surface area (Å²) in [5.41, 5.74) is 4.41. The maximum atomic E-state index is 14.3. The molecule has 3 aromatic carbocycles. The number of nitriles is 1. The van der Waals surface area contributed by atoms with E-state index >= 15 is 0 Å². The van der Waals surface area contributed by atoms with E-state index < -0.39 is 20.7 Å². The molecule has 2 N–H and O–H groups in total. The van der Waals surface area contributed by atoms with E-state index in [4.69, 9.17) is 5.14 Å². The van der Waals surface area contributed by atoms with Gasteiger partial charge in [0, 0.05) is 30.5 Å². The highest BCUT2D eigenvalue weighted by Crippen LogP contribution is 2.38. The summed E-state index contributed by atoms with van der Waals surface area (Å²) in [5.74, 6) is -1.27. The molecule has 2 aliphatic heterocycles. The first kappa shape index (κ1) is 23.0. The third-order valence-corrected chi connectivity index (χ3v) is 7.64. The fraction of sp³-hybridized carbons (Fsp3) is 0.231. The summed E-state index contributed by atoms with van der Waals surface area (Å²) in [7, 11) is -4.25. The molecule has 3 aromatic rings. The molecule has 1 saturated heterocycles. The van der Waals surface area contributed by atoms with Crippen molar-refractivity contribution in [2.45, 2.75) is 24.3 Å². The number of hydrogen-bond acceptors (Lipinski definition) is 5. The van der Waals surface area contributed by atoms with Gasteiger partial charge in [-0.15, -0.1) is 0 Å². The maximum Gasteiger partial charge on any atom is 0.241 e. The molecule has 0 radical (unpaired) electrons. The van der Waals surface area contributed by atoms with Gasteiger partial charge in [0.05, 0.1) is 17.6 Å². The van der Waals surface area contributed by atoms with E-state index in [1.54, 1.807) is 11.0 Å². The van der Waals surface area contributed by atoms with Crippen LogP contribution in [0.4, 0.5) is 15.8 Å². The molecule has 5 rings (SSSR count). The number of rotatable bonds is 4. The molecule has 0 aliphatic carbocycles. The van der Waals surface area contributed by atoms with Gasteiger partial charge in [-0.3, -0.25) is 4.79 Å². The lowest BCUT2D eigenvalue weighted by Crippen LogP contribution is -2.55. The smallest absolute Gasteiger partial charge is 0.241 e. The Bertz CT molecular complexity index is 1480. The summed E-state index contributed by atoms with van der Waals surface area (Å²) < 4.78 is 37.8. The van der Waals surface area contributed by atoms with Crippen molar-refractivity contribution in [2.24, 2.45) is 11.1 Å². The zero-order valence-corrected chi connectivity index (χ0v) is 19.8. The van der Waals surface area contributed by atoms with Gasteiger partial charge in [0.1, 0.15) is 10.7 Å². The molecule has 0 bridgehead atoms. The van der Waals surface area contributed by atoms with Crippen LogP contribution in [0.2, 0.25) is 0 Å². The number of fused-ring (bicyclic) bond motifs is 1. The largest absolute Gasteiger partial charge is 0.370 e. The van der Waals surface area contributed by atoms with Crippen molar-refractivity contribution in [1.82, 2.24) is 0 Å². The lowest BCUT2D eigenvalue weighted by atomic mass is 9.95. The third kappa shape index (κ3) is 4.05. The molecule has 0 saturated carbocycles. The molecule has 2 heterocycles. The van der Waals surface area contributed by atoms with Crippen LogP contribution in [-0.2, 0) is 21.2 Å². The first-order valence-corrected chi connectivity index (χ1v) is 12.7. The molecule has 0 spiro atoms. The summed E-state index contributed by atoms with van der Waals surface area (Å²) in [6.07, 6.45) is 0.449. The zero-order valence-electron chi connectivity index (χ0n) is 19.0. The van der Waals surface area contributed by atoms with E-state index in [1.165, 1.54) is 6.07 Å². The van der Waals surface area contributed by atoms with Crippen LogP contribution in [-0.4, -0.2) is 33.5 Å². The molecule has 1 fully saturated rings. The van der Waals surface area contributed by atoms with Crippen LogP contribution in [0.3, 0.4) is 0 Å². The topological polar surface area (TPSA) is 108 Å². The van der Waals surface area contributed by atoms with E-state index in [0.29, 0.717) is 36.3 Å². The second-order valence-electron chi connectivity index (χ2n) is 9.02. The van der Waals surface area contributed by atoms with Crippen molar-refractivity contribution in [3.63, 3.8) is 0 Å². The van der Waals surface area contributed by atoms with Gasteiger partial charge in [-0.05, 0) is 60.4 Å². The lowest BCUT2D eigenvalue weighted by molar-refractivity contribution is -0.123. The fourth-order valence-corrected chi connectivity index (χ4v) is 5.51. The van der Waals surface area contributed by atoms with E-state index in [1.807, 2.05) is 49.4 Å². The molecule has 2 aliphatic rings. The lowest BCUT2D eigenvalue weighted by Gasteiger charge is -2.42. The number of primary sulfonamides is 1. The number of amides is 1. The van der Waals surface area contributed by atoms with Gasteiger partial charge in [-0.25, -0.2) is 17.9 Å². The predicted octanol–water partition coefficient (Wildman–Crippen LogP) is 3.43. The third-order valence-electron chi connectivity index (χ3n) is 6.71. The first-order valence-electron chi connectivity index (χ1n) is 11.2. The van der Waals surface area contributed by atoms with Crippen molar-refractivity contribution in [2.75, 3.05) is 22.9 Å². The normalized spacial score (nSPS) is 17.6. The number of nitrogens with zero attached hydrogens (tertiary/aromatic N) is 3.